The maximum absolute atomic E-state index is 14.2. The summed E-state index contributed by atoms with van der Waals surface area (Å²) >= 11 is 6.45. The first-order valence-electron chi connectivity index (χ1n) is 15.1. The van der Waals surface area contributed by atoms with Gasteiger partial charge in [0.2, 0.25) is 5.91 Å². The molecule has 2 aromatic carbocycles. The van der Waals surface area contributed by atoms with Crippen molar-refractivity contribution in [3.8, 4) is 11.1 Å². The van der Waals surface area contributed by atoms with Crippen LogP contribution < -0.4 is 9.80 Å². The Bertz CT molecular complexity index is 1510. The van der Waals surface area contributed by atoms with E-state index in [2.05, 4.69) is 27.0 Å². The molecule has 1 aromatic heterocycles. The average molecular weight is 630 g/mol. The predicted octanol–water partition coefficient (Wildman–Crippen LogP) is 6.17. The number of rotatable bonds is 8. The molecule has 1 saturated carbocycles. The number of anilines is 2. The number of piperidine rings is 1. The molecule has 3 atom stereocenters. The molecule has 3 aliphatic rings. The minimum Gasteiger partial charge on any atom is -0.462 e. The van der Waals surface area contributed by atoms with Crippen LogP contribution in [0.2, 0.25) is 5.02 Å². The number of carbonyl (C=O) groups excluding carboxylic acids is 2. The highest BCUT2D eigenvalue weighted by Gasteiger charge is 2.46. The SMILES string of the molecule is CCOC(=O)c1cnn(C2CCCN(c3cc(Cl)ccc3-c3ccc(N4CCN(C(=O)[C@@H]5C[C@H]5F)CC4)cc3)C2)c1C(F)F. The summed E-state index contributed by atoms with van der Waals surface area (Å²) in [5.74, 6) is -1.32. The Morgan fingerprint density at radius 3 is 2.43 bits per heavy atom. The number of piperazine rings is 1. The van der Waals surface area contributed by atoms with Crippen molar-refractivity contribution in [3.63, 3.8) is 0 Å². The Labute approximate surface area is 259 Å². The van der Waals surface area contributed by atoms with Crippen LogP contribution in [0.3, 0.4) is 0 Å². The minimum atomic E-state index is -2.88. The van der Waals surface area contributed by atoms with Crippen LogP contribution in [0, 0.1) is 5.92 Å². The molecule has 3 heterocycles. The maximum Gasteiger partial charge on any atom is 0.341 e. The molecule has 234 valence electrons. The van der Waals surface area contributed by atoms with Gasteiger partial charge in [-0.05, 0) is 56.0 Å². The number of carbonyl (C=O) groups is 2. The second-order valence-electron chi connectivity index (χ2n) is 11.5. The summed E-state index contributed by atoms with van der Waals surface area (Å²) in [6, 6.07) is 13.5. The number of aromatic nitrogens is 2. The lowest BCUT2D eigenvalue weighted by Crippen LogP contribution is -2.49. The fourth-order valence-corrected chi connectivity index (χ4v) is 6.49. The molecule has 12 heteroatoms. The van der Waals surface area contributed by atoms with Crippen molar-refractivity contribution in [2.24, 2.45) is 5.92 Å². The molecule has 6 rings (SSSR count). The summed E-state index contributed by atoms with van der Waals surface area (Å²) in [5.41, 5.74) is 3.26. The van der Waals surface area contributed by atoms with E-state index in [0.29, 0.717) is 57.1 Å². The van der Waals surface area contributed by atoms with Gasteiger partial charge in [0.15, 0.2) is 0 Å². The van der Waals surface area contributed by atoms with Gasteiger partial charge in [0.25, 0.3) is 6.43 Å². The van der Waals surface area contributed by atoms with Gasteiger partial charge in [-0.25, -0.2) is 18.0 Å². The number of hydrogen-bond donors (Lipinski definition) is 0. The van der Waals surface area contributed by atoms with Crippen LogP contribution in [-0.4, -0.2) is 78.6 Å². The molecule has 0 radical (unpaired) electrons. The zero-order valence-electron chi connectivity index (χ0n) is 24.5. The molecule has 1 aliphatic carbocycles. The van der Waals surface area contributed by atoms with Crippen molar-refractivity contribution in [2.45, 2.75) is 44.8 Å². The number of alkyl halides is 3. The number of ether oxygens (including phenoxy) is 1. The van der Waals surface area contributed by atoms with Crippen LogP contribution in [0.1, 0.15) is 54.7 Å². The minimum absolute atomic E-state index is 0.0693. The maximum atomic E-state index is 14.2. The molecule has 3 aromatic rings. The van der Waals surface area contributed by atoms with Crippen LogP contribution in [-0.2, 0) is 9.53 Å². The highest BCUT2D eigenvalue weighted by atomic mass is 35.5. The topological polar surface area (TPSA) is 70.9 Å². The van der Waals surface area contributed by atoms with Gasteiger partial charge in [0.05, 0.1) is 24.8 Å². The lowest BCUT2D eigenvalue weighted by molar-refractivity contribution is -0.133. The molecular weight excluding hydrogens is 595 g/mol. The van der Waals surface area contributed by atoms with Crippen LogP contribution in [0.25, 0.3) is 11.1 Å². The van der Waals surface area contributed by atoms with E-state index in [0.717, 1.165) is 28.9 Å². The van der Waals surface area contributed by atoms with E-state index in [9.17, 15) is 22.8 Å². The number of esters is 1. The van der Waals surface area contributed by atoms with E-state index >= 15 is 0 Å². The third-order valence-corrected chi connectivity index (χ3v) is 8.98. The third kappa shape index (κ3) is 6.11. The molecule has 0 N–H and O–H groups in total. The van der Waals surface area contributed by atoms with Gasteiger partial charge in [-0.1, -0.05) is 29.8 Å². The summed E-state index contributed by atoms with van der Waals surface area (Å²) in [6.07, 6.45) is -0.952. The predicted molar refractivity (Wildman–Crippen MR) is 162 cm³/mol. The van der Waals surface area contributed by atoms with E-state index in [1.807, 2.05) is 30.3 Å². The van der Waals surface area contributed by atoms with Crippen LogP contribution >= 0.6 is 11.6 Å². The Morgan fingerprint density at radius 1 is 1.05 bits per heavy atom. The number of hydrogen-bond acceptors (Lipinski definition) is 6. The third-order valence-electron chi connectivity index (χ3n) is 8.74. The van der Waals surface area contributed by atoms with E-state index in [1.54, 1.807) is 11.8 Å². The molecule has 1 unspecified atom stereocenters. The number of amides is 1. The van der Waals surface area contributed by atoms with Gasteiger partial charge < -0.3 is 19.4 Å². The lowest BCUT2D eigenvalue weighted by atomic mass is 9.99. The van der Waals surface area contributed by atoms with Crippen molar-refractivity contribution in [1.29, 1.82) is 0 Å². The van der Waals surface area contributed by atoms with Crippen LogP contribution in [0.4, 0.5) is 24.5 Å². The molecule has 2 saturated heterocycles. The van der Waals surface area contributed by atoms with Gasteiger partial charge in [-0.15, -0.1) is 0 Å². The smallest absolute Gasteiger partial charge is 0.341 e. The van der Waals surface area contributed by atoms with Crippen molar-refractivity contribution in [2.75, 3.05) is 55.7 Å². The van der Waals surface area contributed by atoms with Gasteiger partial charge in [0, 0.05) is 61.2 Å². The average Bonchev–Trinajstić information content (AvgIpc) is 3.59. The second kappa shape index (κ2) is 12.7. The van der Waals surface area contributed by atoms with Crippen LogP contribution in [0.15, 0.2) is 48.7 Å². The molecule has 3 fully saturated rings. The molecule has 0 spiro atoms. The Kier molecular flexibility index (Phi) is 8.75. The van der Waals surface area contributed by atoms with E-state index in [-0.39, 0.29) is 24.1 Å². The quantitative estimate of drug-likeness (QED) is 0.278. The molecule has 8 nitrogen and oxygen atoms in total. The highest BCUT2D eigenvalue weighted by Crippen LogP contribution is 2.39. The standard InChI is InChI=1S/C32H35ClF3N5O3/c1-2-44-32(43)26-18-37-41(29(26)30(35)36)23-4-3-11-40(19-23)28-16-21(33)7-10-24(28)20-5-8-22(9-6-20)38-12-14-39(15-13-38)31(42)25-17-27(25)34/h5-10,16,18,23,25,27,30H,2-4,11-15,17,19H2,1H3/t23?,25-,27-/m1/s1. The number of benzene rings is 2. The first-order chi connectivity index (χ1) is 21.2. The number of nitrogens with zero attached hydrogens (tertiary/aromatic N) is 5. The molecule has 2 aliphatic heterocycles. The highest BCUT2D eigenvalue weighted by molar-refractivity contribution is 6.31. The Hall–Kier alpha value is -3.73. The first-order valence-corrected chi connectivity index (χ1v) is 15.5. The summed E-state index contributed by atoms with van der Waals surface area (Å²) in [5, 5.41) is 4.78. The summed E-state index contributed by atoms with van der Waals surface area (Å²) < 4.78 is 48.0. The van der Waals surface area contributed by atoms with Crippen molar-refractivity contribution in [1.82, 2.24) is 14.7 Å². The Balaban J connectivity index is 1.19. The van der Waals surface area contributed by atoms with Gasteiger partial charge in [-0.3, -0.25) is 9.48 Å². The largest absolute Gasteiger partial charge is 0.462 e. The molecule has 44 heavy (non-hydrogen) atoms. The molecule has 1 amide bonds. The van der Waals surface area contributed by atoms with Gasteiger partial charge >= 0.3 is 5.97 Å². The Morgan fingerprint density at radius 2 is 1.77 bits per heavy atom. The van der Waals surface area contributed by atoms with Crippen molar-refractivity contribution in [3.05, 3.63) is 64.9 Å². The molecular formula is C32H35ClF3N5O3. The zero-order chi connectivity index (χ0) is 31.0. The zero-order valence-corrected chi connectivity index (χ0v) is 25.2. The van der Waals surface area contributed by atoms with Crippen LogP contribution in [0.5, 0.6) is 0 Å². The van der Waals surface area contributed by atoms with Gasteiger partial charge in [0.1, 0.15) is 17.4 Å². The normalized spacial score (nSPS) is 22.0. The monoisotopic (exact) mass is 629 g/mol. The summed E-state index contributed by atoms with van der Waals surface area (Å²) in [6.45, 7) is 5.36. The van der Waals surface area contributed by atoms with Crippen molar-refractivity contribution < 1.29 is 27.5 Å². The fraction of sp³-hybridized carbons (Fsp3) is 0.469. The lowest BCUT2D eigenvalue weighted by Gasteiger charge is -2.37. The van der Waals surface area contributed by atoms with E-state index in [1.165, 1.54) is 10.9 Å². The summed E-state index contributed by atoms with van der Waals surface area (Å²) in [7, 11) is 0. The van der Waals surface area contributed by atoms with Crippen molar-refractivity contribution >= 4 is 34.9 Å². The van der Waals surface area contributed by atoms with Gasteiger partial charge in [-0.2, -0.15) is 5.10 Å². The fourth-order valence-electron chi connectivity index (χ4n) is 6.32. The number of halogens is 4. The molecule has 0 bridgehead atoms. The van der Waals surface area contributed by atoms with E-state index in [4.69, 9.17) is 16.3 Å². The summed E-state index contributed by atoms with van der Waals surface area (Å²) in [4.78, 5) is 30.9. The first kappa shape index (κ1) is 30.3. The van der Waals surface area contributed by atoms with E-state index < -0.39 is 30.2 Å². The second-order valence-corrected chi connectivity index (χ2v) is 12.0.